The molecule has 0 aliphatic carbocycles. The Balaban J connectivity index is 2.12. The standard InChI is InChI=1S/C10H19NO/c1-10(2)6-8-4-3-5-9(7-10)11(8)12/h8-9,12H,3-7H2,1-2H3. The van der Waals surface area contributed by atoms with Crippen molar-refractivity contribution in [3.05, 3.63) is 0 Å². The summed E-state index contributed by atoms with van der Waals surface area (Å²) in [6, 6.07) is 0.903. The quantitative estimate of drug-likeness (QED) is 0.602. The van der Waals surface area contributed by atoms with E-state index in [1.165, 1.54) is 32.1 Å². The second kappa shape index (κ2) is 2.71. The van der Waals surface area contributed by atoms with Gasteiger partial charge in [0.1, 0.15) is 0 Å². The third-order valence-corrected chi connectivity index (χ3v) is 3.40. The molecule has 2 aliphatic rings. The zero-order valence-electron chi connectivity index (χ0n) is 8.08. The van der Waals surface area contributed by atoms with Crippen LogP contribution in [0, 0.1) is 5.41 Å². The summed E-state index contributed by atoms with van der Waals surface area (Å²) in [6.07, 6.45) is 6.02. The van der Waals surface area contributed by atoms with Crippen molar-refractivity contribution >= 4 is 0 Å². The molecule has 0 amide bonds. The van der Waals surface area contributed by atoms with Gasteiger partial charge in [-0.15, -0.1) is 0 Å². The van der Waals surface area contributed by atoms with E-state index in [9.17, 15) is 5.21 Å². The van der Waals surface area contributed by atoms with E-state index < -0.39 is 0 Å². The maximum Gasteiger partial charge on any atom is 0.0358 e. The van der Waals surface area contributed by atoms with Gasteiger partial charge in [0.05, 0.1) is 0 Å². The first-order valence-electron chi connectivity index (χ1n) is 5.06. The second-order valence-corrected chi connectivity index (χ2v) is 5.19. The minimum absolute atomic E-state index is 0.451. The largest absolute Gasteiger partial charge is 0.313 e. The summed E-state index contributed by atoms with van der Waals surface area (Å²) in [4.78, 5) is 0. The number of rotatable bonds is 0. The lowest BCUT2D eigenvalue weighted by atomic mass is 9.71. The average molecular weight is 169 g/mol. The van der Waals surface area contributed by atoms with Crippen molar-refractivity contribution in [1.29, 1.82) is 0 Å². The highest BCUT2D eigenvalue weighted by Crippen LogP contribution is 2.42. The van der Waals surface area contributed by atoms with Crippen LogP contribution in [0.1, 0.15) is 46.0 Å². The van der Waals surface area contributed by atoms with Gasteiger partial charge in [-0.3, -0.25) is 0 Å². The van der Waals surface area contributed by atoms with Gasteiger partial charge >= 0.3 is 0 Å². The lowest BCUT2D eigenvalue weighted by molar-refractivity contribution is -0.212. The second-order valence-electron chi connectivity index (χ2n) is 5.19. The first-order valence-corrected chi connectivity index (χ1v) is 5.06. The third-order valence-electron chi connectivity index (χ3n) is 3.40. The van der Waals surface area contributed by atoms with Crippen molar-refractivity contribution in [1.82, 2.24) is 5.06 Å². The van der Waals surface area contributed by atoms with Crippen LogP contribution in [-0.4, -0.2) is 22.4 Å². The van der Waals surface area contributed by atoms with Crippen LogP contribution in [0.25, 0.3) is 0 Å². The van der Waals surface area contributed by atoms with Crippen LogP contribution in [0.4, 0.5) is 0 Å². The van der Waals surface area contributed by atoms with E-state index in [1.54, 1.807) is 5.06 Å². The summed E-state index contributed by atoms with van der Waals surface area (Å²) in [5.74, 6) is 0. The first kappa shape index (κ1) is 8.52. The van der Waals surface area contributed by atoms with Crippen LogP contribution in [0.15, 0.2) is 0 Å². The molecule has 2 rings (SSSR count). The molecule has 0 aromatic carbocycles. The van der Waals surface area contributed by atoms with Crippen LogP contribution in [0.3, 0.4) is 0 Å². The number of hydrogen-bond acceptors (Lipinski definition) is 2. The van der Waals surface area contributed by atoms with E-state index >= 15 is 0 Å². The van der Waals surface area contributed by atoms with Crippen molar-refractivity contribution in [2.24, 2.45) is 5.41 Å². The molecule has 2 bridgehead atoms. The Morgan fingerprint density at radius 1 is 1.17 bits per heavy atom. The molecule has 70 valence electrons. The number of fused-ring (bicyclic) bond motifs is 2. The van der Waals surface area contributed by atoms with Gasteiger partial charge < -0.3 is 5.21 Å². The molecular weight excluding hydrogens is 150 g/mol. The Labute approximate surface area is 74.5 Å². The molecule has 2 unspecified atom stereocenters. The van der Waals surface area contributed by atoms with Gasteiger partial charge in [-0.05, 0) is 31.1 Å². The van der Waals surface area contributed by atoms with Gasteiger partial charge in [0.15, 0.2) is 0 Å². The Morgan fingerprint density at radius 3 is 2.17 bits per heavy atom. The minimum atomic E-state index is 0.451. The molecule has 2 fully saturated rings. The molecule has 2 saturated heterocycles. The fourth-order valence-corrected chi connectivity index (χ4v) is 2.90. The highest BCUT2D eigenvalue weighted by atomic mass is 16.5. The molecule has 2 heterocycles. The van der Waals surface area contributed by atoms with Crippen LogP contribution >= 0.6 is 0 Å². The zero-order chi connectivity index (χ0) is 8.77. The average Bonchev–Trinajstić information content (AvgIpc) is 1.92. The van der Waals surface area contributed by atoms with Crippen LogP contribution in [0.5, 0.6) is 0 Å². The number of piperidine rings is 2. The van der Waals surface area contributed by atoms with Crippen LogP contribution in [0.2, 0.25) is 0 Å². The molecule has 0 radical (unpaired) electrons. The fraction of sp³-hybridized carbons (Fsp3) is 1.00. The van der Waals surface area contributed by atoms with Gasteiger partial charge in [0.25, 0.3) is 0 Å². The SMILES string of the molecule is CC1(C)CC2CCCC(C1)N2O. The molecule has 0 aromatic heterocycles. The Morgan fingerprint density at radius 2 is 1.67 bits per heavy atom. The van der Waals surface area contributed by atoms with Crippen molar-refractivity contribution in [2.75, 3.05) is 0 Å². The summed E-state index contributed by atoms with van der Waals surface area (Å²) in [6.45, 7) is 4.65. The van der Waals surface area contributed by atoms with E-state index in [0.717, 1.165) is 0 Å². The van der Waals surface area contributed by atoms with Gasteiger partial charge in [-0.2, -0.15) is 5.06 Å². The predicted molar refractivity (Wildman–Crippen MR) is 48.1 cm³/mol. The van der Waals surface area contributed by atoms with Crippen LogP contribution < -0.4 is 0 Å². The minimum Gasteiger partial charge on any atom is -0.313 e. The Kier molecular flexibility index (Phi) is 1.92. The lowest BCUT2D eigenvalue weighted by Gasteiger charge is -2.48. The van der Waals surface area contributed by atoms with Crippen molar-refractivity contribution in [3.63, 3.8) is 0 Å². The highest BCUT2D eigenvalue weighted by Gasteiger charge is 2.41. The molecule has 2 nitrogen and oxygen atoms in total. The lowest BCUT2D eigenvalue weighted by Crippen LogP contribution is -2.52. The number of hydrogen-bond donors (Lipinski definition) is 1. The zero-order valence-corrected chi connectivity index (χ0v) is 8.08. The smallest absolute Gasteiger partial charge is 0.0358 e. The number of hydroxylamine groups is 2. The van der Waals surface area contributed by atoms with Gasteiger partial charge in [-0.25, -0.2) is 0 Å². The Bertz CT molecular complexity index is 163. The molecule has 0 aromatic rings. The van der Waals surface area contributed by atoms with E-state index in [0.29, 0.717) is 17.5 Å². The maximum atomic E-state index is 9.75. The summed E-state index contributed by atoms with van der Waals surface area (Å²) in [5.41, 5.74) is 0.453. The highest BCUT2D eigenvalue weighted by molar-refractivity contribution is 4.92. The summed E-state index contributed by atoms with van der Waals surface area (Å²) < 4.78 is 0. The molecular formula is C10H19NO. The molecule has 12 heavy (non-hydrogen) atoms. The van der Waals surface area contributed by atoms with Gasteiger partial charge in [0, 0.05) is 12.1 Å². The third kappa shape index (κ3) is 1.38. The monoisotopic (exact) mass is 169 g/mol. The molecule has 0 saturated carbocycles. The normalized spacial score (nSPS) is 41.2. The summed E-state index contributed by atoms with van der Waals surface area (Å²) >= 11 is 0. The molecule has 2 heteroatoms. The molecule has 2 aliphatic heterocycles. The molecule has 0 spiro atoms. The van der Waals surface area contributed by atoms with Crippen molar-refractivity contribution in [3.8, 4) is 0 Å². The van der Waals surface area contributed by atoms with E-state index in [1.807, 2.05) is 0 Å². The Hall–Kier alpha value is -0.0800. The van der Waals surface area contributed by atoms with Crippen molar-refractivity contribution in [2.45, 2.75) is 58.0 Å². The first-order chi connectivity index (χ1) is 5.58. The predicted octanol–water partition coefficient (Wildman–Crippen LogP) is 2.42. The summed E-state index contributed by atoms with van der Waals surface area (Å²) in [7, 11) is 0. The topological polar surface area (TPSA) is 23.5 Å². The maximum absolute atomic E-state index is 9.75. The molecule has 1 N–H and O–H groups in total. The van der Waals surface area contributed by atoms with E-state index in [2.05, 4.69) is 13.8 Å². The van der Waals surface area contributed by atoms with Gasteiger partial charge in [0.2, 0.25) is 0 Å². The van der Waals surface area contributed by atoms with E-state index in [4.69, 9.17) is 0 Å². The van der Waals surface area contributed by atoms with Crippen LogP contribution in [-0.2, 0) is 0 Å². The molecule has 2 atom stereocenters. The van der Waals surface area contributed by atoms with E-state index in [-0.39, 0.29) is 0 Å². The van der Waals surface area contributed by atoms with Gasteiger partial charge in [-0.1, -0.05) is 20.3 Å². The van der Waals surface area contributed by atoms with Crippen molar-refractivity contribution < 1.29 is 5.21 Å². The number of nitrogens with zero attached hydrogens (tertiary/aromatic N) is 1. The summed E-state index contributed by atoms with van der Waals surface area (Å²) in [5, 5.41) is 11.4. The fourth-order valence-electron chi connectivity index (χ4n) is 2.90.